The summed E-state index contributed by atoms with van der Waals surface area (Å²) in [6, 6.07) is 0. The molecular formula is C11H18ClNO2. The van der Waals surface area contributed by atoms with Gasteiger partial charge in [0.15, 0.2) is 0 Å². The third kappa shape index (κ3) is 1.76. The van der Waals surface area contributed by atoms with Gasteiger partial charge in [-0.1, -0.05) is 6.42 Å². The zero-order valence-corrected chi connectivity index (χ0v) is 10.1. The number of carbonyl (C=O) groups excluding carboxylic acids is 1. The fourth-order valence-electron chi connectivity index (χ4n) is 2.86. The lowest BCUT2D eigenvalue weighted by molar-refractivity contribution is -0.0888. The lowest BCUT2D eigenvalue weighted by atomic mass is 9.89. The van der Waals surface area contributed by atoms with E-state index in [0.717, 1.165) is 25.7 Å². The van der Waals surface area contributed by atoms with Crippen LogP contribution in [0.3, 0.4) is 0 Å². The number of rotatable bonds is 0. The zero-order valence-electron chi connectivity index (χ0n) is 9.38. The van der Waals surface area contributed by atoms with Crippen molar-refractivity contribution >= 4 is 17.0 Å². The van der Waals surface area contributed by atoms with Gasteiger partial charge < -0.3 is 4.74 Å². The standard InChI is InChI=1S/C11H18ClNO2/c1-10(2)8-15-11(13(10)9(12)14)6-4-3-5-7-11/h3-8H2,1-2H3. The van der Waals surface area contributed by atoms with Gasteiger partial charge in [0.05, 0.1) is 12.1 Å². The van der Waals surface area contributed by atoms with E-state index in [0.29, 0.717) is 6.61 Å². The molecule has 3 nitrogen and oxygen atoms in total. The first-order valence-electron chi connectivity index (χ1n) is 5.62. The largest absolute Gasteiger partial charge is 0.353 e. The summed E-state index contributed by atoms with van der Waals surface area (Å²) in [5.74, 6) is 0. The van der Waals surface area contributed by atoms with Gasteiger partial charge >= 0.3 is 5.37 Å². The van der Waals surface area contributed by atoms with Gasteiger partial charge in [-0.3, -0.25) is 9.69 Å². The molecule has 1 spiro atoms. The highest BCUT2D eigenvalue weighted by molar-refractivity contribution is 6.63. The number of amides is 1. The van der Waals surface area contributed by atoms with Crippen molar-refractivity contribution in [3.63, 3.8) is 0 Å². The smallest absolute Gasteiger partial charge is 0.319 e. The summed E-state index contributed by atoms with van der Waals surface area (Å²) in [4.78, 5) is 13.3. The quantitative estimate of drug-likeness (QED) is 0.474. The minimum atomic E-state index is -0.402. The van der Waals surface area contributed by atoms with Gasteiger partial charge in [-0.2, -0.15) is 0 Å². The van der Waals surface area contributed by atoms with Gasteiger partial charge in [-0.15, -0.1) is 0 Å². The molecule has 0 N–H and O–H groups in total. The van der Waals surface area contributed by atoms with Crippen LogP contribution >= 0.6 is 11.6 Å². The van der Waals surface area contributed by atoms with Crippen LogP contribution in [0.5, 0.6) is 0 Å². The summed E-state index contributed by atoms with van der Waals surface area (Å²) >= 11 is 5.70. The molecule has 86 valence electrons. The molecule has 1 aliphatic heterocycles. The molecule has 15 heavy (non-hydrogen) atoms. The Morgan fingerprint density at radius 1 is 1.27 bits per heavy atom. The van der Waals surface area contributed by atoms with Gasteiger partial charge in [0.1, 0.15) is 5.72 Å². The van der Waals surface area contributed by atoms with Crippen molar-refractivity contribution in [3.05, 3.63) is 0 Å². The van der Waals surface area contributed by atoms with Crippen LogP contribution in [0.4, 0.5) is 4.79 Å². The van der Waals surface area contributed by atoms with Crippen LogP contribution in [0.2, 0.25) is 0 Å². The third-order valence-corrected chi connectivity index (χ3v) is 3.69. The summed E-state index contributed by atoms with van der Waals surface area (Å²) in [6.45, 7) is 4.61. The molecule has 0 unspecified atom stereocenters. The SMILES string of the molecule is CC1(C)COC2(CCCCC2)N1C(=O)Cl. The molecule has 2 fully saturated rings. The van der Waals surface area contributed by atoms with Crippen molar-refractivity contribution in [3.8, 4) is 0 Å². The second kappa shape index (κ2) is 3.63. The Hall–Kier alpha value is -0.280. The summed E-state index contributed by atoms with van der Waals surface area (Å²) in [7, 11) is 0. The van der Waals surface area contributed by atoms with Gasteiger partial charge in [-0.05, 0) is 51.1 Å². The van der Waals surface area contributed by atoms with E-state index in [4.69, 9.17) is 16.3 Å². The van der Waals surface area contributed by atoms with E-state index in [1.165, 1.54) is 6.42 Å². The molecule has 0 bridgehead atoms. The average molecular weight is 232 g/mol. The van der Waals surface area contributed by atoms with E-state index in [-0.39, 0.29) is 10.9 Å². The number of nitrogens with zero attached hydrogens (tertiary/aromatic N) is 1. The van der Waals surface area contributed by atoms with E-state index in [1.54, 1.807) is 4.90 Å². The van der Waals surface area contributed by atoms with Crippen molar-refractivity contribution in [2.75, 3.05) is 6.61 Å². The molecule has 2 rings (SSSR count). The topological polar surface area (TPSA) is 29.5 Å². The van der Waals surface area contributed by atoms with Crippen molar-refractivity contribution in [2.45, 2.75) is 57.2 Å². The fourth-order valence-corrected chi connectivity index (χ4v) is 3.24. The molecule has 0 aromatic heterocycles. The Labute approximate surface area is 95.7 Å². The lowest BCUT2D eigenvalue weighted by Crippen LogP contribution is -2.54. The fraction of sp³-hybridized carbons (Fsp3) is 0.909. The van der Waals surface area contributed by atoms with E-state index >= 15 is 0 Å². The van der Waals surface area contributed by atoms with Gasteiger partial charge in [0.2, 0.25) is 0 Å². The molecule has 1 amide bonds. The zero-order chi connectivity index (χ0) is 11.1. The molecule has 0 aromatic rings. The number of hydrogen-bond donors (Lipinski definition) is 0. The Balaban J connectivity index is 2.28. The van der Waals surface area contributed by atoms with Crippen LogP contribution in [-0.2, 0) is 4.74 Å². The monoisotopic (exact) mass is 231 g/mol. The lowest BCUT2D eigenvalue weighted by Gasteiger charge is -2.42. The van der Waals surface area contributed by atoms with E-state index in [2.05, 4.69) is 0 Å². The number of hydrogen-bond acceptors (Lipinski definition) is 2. The molecule has 1 saturated heterocycles. The van der Waals surface area contributed by atoms with Crippen LogP contribution in [-0.4, -0.2) is 28.1 Å². The maximum Gasteiger partial charge on any atom is 0.319 e. The number of carbonyl (C=O) groups is 1. The van der Waals surface area contributed by atoms with Crippen molar-refractivity contribution in [2.24, 2.45) is 0 Å². The minimum Gasteiger partial charge on any atom is -0.353 e. The molecular weight excluding hydrogens is 214 g/mol. The Bertz CT molecular complexity index is 272. The van der Waals surface area contributed by atoms with Crippen LogP contribution in [0.1, 0.15) is 46.0 Å². The van der Waals surface area contributed by atoms with E-state index in [1.807, 2.05) is 13.8 Å². The van der Waals surface area contributed by atoms with E-state index < -0.39 is 5.72 Å². The summed E-state index contributed by atoms with van der Waals surface area (Å²) in [6.07, 6.45) is 5.33. The number of ether oxygens (including phenoxy) is 1. The van der Waals surface area contributed by atoms with Gasteiger partial charge in [-0.25, -0.2) is 0 Å². The molecule has 1 aliphatic carbocycles. The van der Waals surface area contributed by atoms with Crippen LogP contribution in [0, 0.1) is 0 Å². The van der Waals surface area contributed by atoms with Crippen molar-refractivity contribution < 1.29 is 9.53 Å². The average Bonchev–Trinajstić information content (AvgIpc) is 2.39. The van der Waals surface area contributed by atoms with Crippen molar-refractivity contribution in [1.82, 2.24) is 4.90 Å². The second-order valence-corrected chi connectivity index (χ2v) is 5.52. The normalized spacial score (nSPS) is 28.3. The third-order valence-electron chi connectivity index (χ3n) is 3.52. The predicted octanol–water partition coefficient (Wildman–Crippen LogP) is 3.12. The number of halogens is 1. The molecule has 1 saturated carbocycles. The minimum absolute atomic E-state index is 0.268. The summed E-state index contributed by atoms with van der Waals surface area (Å²) in [5, 5.41) is -0.376. The van der Waals surface area contributed by atoms with E-state index in [9.17, 15) is 4.79 Å². The van der Waals surface area contributed by atoms with Gasteiger partial charge in [0, 0.05) is 0 Å². The first kappa shape index (κ1) is 11.2. The Morgan fingerprint density at radius 2 is 1.87 bits per heavy atom. The first-order chi connectivity index (χ1) is 6.98. The molecule has 0 aromatic carbocycles. The predicted molar refractivity (Wildman–Crippen MR) is 58.9 cm³/mol. The molecule has 2 aliphatic rings. The Morgan fingerprint density at radius 3 is 2.40 bits per heavy atom. The summed E-state index contributed by atoms with van der Waals surface area (Å²) in [5.41, 5.74) is -0.670. The van der Waals surface area contributed by atoms with Crippen LogP contribution < -0.4 is 0 Å². The highest BCUT2D eigenvalue weighted by Gasteiger charge is 2.53. The highest BCUT2D eigenvalue weighted by atomic mass is 35.5. The molecule has 0 atom stereocenters. The Kier molecular flexibility index (Phi) is 2.72. The second-order valence-electron chi connectivity index (χ2n) is 5.20. The van der Waals surface area contributed by atoms with Gasteiger partial charge in [0.25, 0.3) is 0 Å². The highest BCUT2D eigenvalue weighted by Crippen LogP contribution is 2.44. The maximum absolute atomic E-state index is 11.5. The molecule has 0 radical (unpaired) electrons. The molecule has 1 heterocycles. The first-order valence-corrected chi connectivity index (χ1v) is 6.00. The van der Waals surface area contributed by atoms with Crippen molar-refractivity contribution in [1.29, 1.82) is 0 Å². The summed E-state index contributed by atoms with van der Waals surface area (Å²) < 4.78 is 5.89. The maximum atomic E-state index is 11.5. The molecule has 4 heteroatoms. The van der Waals surface area contributed by atoms with Crippen LogP contribution in [0.15, 0.2) is 0 Å². The van der Waals surface area contributed by atoms with Crippen LogP contribution in [0.25, 0.3) is 0 Å².